The highest BCUT2D eigenvalue weighted by molar-refractivity contribution is 7.13. The number of hydrogen-bond acceptors (Lipinski definition) is 4. The van der Waals surface area contributed by atoms with Crippen LogP contribution < -0.4 is 5.32 Å². The molecule has 0 bridgehead atoms. The van der Waals surface area contributed by atoms with Gasteiger partial charge in [0.25, 0.3) is 0 Å². The largest absolute Gasteiger partial charge is 0.381 e. The lowest BCUT2D eigenvalue weighted by molar-refractivity contribution is 0.0846. The minimum atomic E-state index is 0.618. The van der Waals surface area contributed by atoms with Crippen molar-refractivity contribution in [2.45, 2.75) is 25.7 Å². The molecular formula is C10H16N2OS. The van der Waals surface area contributed by atoms with E-state index in [0.29, 0.717) is 5.92 Å². The fourth-order valence-electron chi connectivity index (χ4n) is 1.70. The van der Waals surface area contributed by atoms with E-state index < -0.39 is 0 Å². The third kappa shape index (κ3) is 2.25. The molecule has 2 rings (SSSR count). The van der Waals surface area contributed by atoms with Crippen molar-refractivity contribution in [2.24, 2.45) is 0 Å². The Balaban J connectivity index is 2.00. The van der Waals surface area contributed by atoms with Crippen LogP contribution in [0.2, 0.25) is 0 Å². The summed E-state index contributed by atoms with van der Waals surface area (Å²) in [5.41, 5.74) is 1.24. The second-order valence-electron chi connectivity index (χ2n) is 3.49. The first kappa shape index (κ1) is 9.93. The number of ether oxygens (including phenoxy) is 1. The average Bonchev–Trinajstić information content (AvgIpc) is 2.68. The standard InChI is InChI=1S/C10H16N2OS/c1-2-11-10-12-9(7-14-10)8-3-5-13-6-4-8/h7-8H,2-6H2,1H3,(H,11,12). The van der Waals surface area contributed by atoms with Gasteiger partial charge in [-0.15, -0.1) is 11.3 Å². The van der Waals surface area contributed by atoms with E-state index in [1.165, 1.54) is 5.69 Å². The van der Waals surface area contributed by atoms with Crippen LogP contribution in [0.4, 0.5) is 5.13 Å². The van der Waals surface area contributed by atoms with E-state index in [9.17, 15) is 0 Å². The Bertz CT molecular complexity index is 281. The number of nitrogens with zero attached hydrogens (tertiary/aromatic N) is 1. The van der Waals surface area contributed by atoms with Crippen molar-refractivity contribution < 1.29 is 4.74 Å². The van der Waals surface area contributed by atoms with Crippen molar-refractivity contribution in [2.75, 3.05) is 25.1 Å². The Morgan fingerprint density at radius 3 is 3.07 bits per heavy atom. The lowest BCUT2D eigenvalue weighted by Crippen LogP contribution is -2.14. The van der Waals surface area contributed by atoms with E-state index in [2.05, 4.69) is 22.6 Å². The highest BCUT2D eigenvalue weighted by Crippen LogP contribution is 2.29. The zero-order valence-corrected chi connectivity index (χ0v) is 9.27. The molecule has 0 radical (unpaired) electrons. The van der Waals surface area contributed by atoms with Gasteiger partial charge in [0.1, 0.15) is 0 Å². The Morgan fingerprint density at radius 2 is 2.36 bits per heavy atom. The van der Waals surface area contributed by atoms with E-state index in [4.69, 9.17) is 4.74 Å². The van der Waals surface area contributed by atoms with Gasteiger partial charge >= 0.3 is 0 Å². The number of nitrogens with one attached hydrogen (secondary N) is 1. The van der Waals surface area contributed by atoms with E-state index in [0.717, 1.165) is 37.7 Å². The zero-order valence-electron chi connectivity index (χ0n) is 8.45. The normalized spacial score (nSPS) is 18.4. The second-order valence-corrected chi connectivity index (χ2v) is 4.35. The molecule has 78 valence electrons. The molecule has 4 heteroatoms. The summed E-state index contributed by atoms with van der Waals surface area (Å²) in [6.07, 6.45) is 2.24. The molecule has 1 aliphatic rings. The fraction of sp³-hybridized carbons (Fsp3) is 0.700. The summed E-state index contributed by atoms with van der Waals surface area (Å²) in [6, 6.07) is 0. The summed E-state index contributed by atoms with van der Waals surface area (Å²) >= 11 is 1.70. The molecule has 0 spiro atoms. The van der Waals surface area contributed by atoms with E-state index in [-0.39, 0.29) is 0 Å². The van der Waals surface area contributed by atoms with Crippen molar-refractivity contribution >= 4 is 16.5 Å². The molecule has 1 N–H and O–H groups in total. The van der Waals surface area contributed by atoms with Gasteiger partial charge in [-0.2, -0.15) is 0 Å². The van der Waals surface area contributed by atoms with Gasteiger partial charge in [-0.05, 0) is 19.8 Å². The molecule has 1 fully saturated rings. The van der Waals surface area contributed by atoms with Gasteiger partial charge < -0.3 is 10.1 Å². The van der Waals surface area contributed by atoms with Crippen molar-refractivity contribution in [1.82, 2.24) is 4.98 Å². The maximum atomic E-state index is 5.34. The minimum absolute atomic E-state index is 0.618. The molecule has 1 saturated heterocycles. The summed E-state index contributed by atoms with van der Waals surface area (Å²) in [6.45, 7) is 4.81. The van der Waals surface area contributed by atoms with Gasteiger partial charge in [0.15, 0.2) is 5.13 Å². The third-order valence-corrected chi connectivity index (χ3v) is 3.31. The first-order valence-electron chi connectivity index (χ1n) is 5.17. The number of aromatic nitrogens is 1. The third-order valence-electron chi connectivity index (χ3n) is 2.49. The van der Waals surface area contributed by atoms with E-state index in [1.54, 1.807) is 11.3 Å². The summed E-state index contributed by atoms with van der Waals surface area (Å²) in [5, 5.41) is 6.47. The lowest BCUT2D eigenvalue weighted by Gasteiger charge is -2.19. The fourth-order valence-corrected chi connectivity index (χ4v) is 2.56. The van der Waals surface area contributed by atoms with Crippen LogP contribution in [0.25, 0.3) is 0 Å². The second kappa shape index (κ2) is 4.75. The predicted molar refractivity (Wildman–Crippen MR) is 59.1 cm³/mol. The zero-order chi connectivity index (χ0) is 9.80. The number of anilines is 1. The van der Waals surface area contributed by atoms with Gasteiger partial charge in [-0.25, -0.2) is 4.98 Å². The molecule has 0 unspecified atom stereocenters. The quantitative estimate of drug-likeness (QED) is 0.835. The molecule has 2 heterocycles. The molecule has 3 nitrogen and oxygen atoms in total. The summed E-state index contributed by atoms with van der Waals surface area (Å²) in [5.74, 6) is 0.618. The molecule has 1 aromatic rings. The molecule has 0 aromatic carbocycles. The smallest absolute Gasteiger partial charge is 0.182 e. The van der Waals surface area contributed by atoms with Crippen LogP contribution in [0.15, 0.2) is 5.38 Å². The Kier molecular flexibility index (Phi) is 3.37. The van der Waals surface area contributed by atoms with Gasteiger partial charge in [-0.1, -0.05) is 0 Å². The van der Waals surface area contributed by atoms with E-state index >= 15 is 0 Å². The molecular weight excluding hydrogens is 196 g/mol. The summed E-state index contributed by atoms with van der Waals surface area (Å²) in [7, 11) is 0. The topological polar surface area (TPSA) is 34.2 Å². The number of hydrogen-bond donors (Lipinski definition) is 1. The van der Waals surface area contributed by atoms with Gasteiger partial charge in [0.05, 0.1) is 5.69 Å². The SMILES string of the molecule is CCNc1nc(C2CCOCC2)cs1. The molecule has 1 aromatic heterocycles. The molecule has 14 heavy (non-hydrogen) atoms. The number of thiazole rings is 1. The van der Waals surface area contributed by atoms with Crippen LogP contribution in [0.5, 0.6) is 0 Å². The van der Waals surface area contributed by atoms with E-state index in [1.807, 2.05) is 0 Å². The molecule has 0 aliphatic carbocycles. The maximum Gasteiger partial charge on any atom is 0.182 e. The van der Waals surface area contributed by atoms with Crippen LogP contribution in [-0.4, -0.2) is 24.7 Å². The highest BCUT2D eigenvalue weighted by atomic mass is 32.1. The van der Waals surface area contributed by atoms with Crippen LogP contribution in [0, 0.1) is 0 Å². The van der Waals surface area contributed by atoms with Crippen LogP contribution in [-0.2, 0) is 4.74 Å². The number of rotatable bonds is 3. The Morgan fingerprint density at radius 1 is 1.57 bits per heavy atom. The summed E-state index contributed by atoms with van der Waals surface area (Å²) in [4.78, 5) is 4.58. The van der Waals surface area contributed by atoms with Crippen LogP contribution >= 0.6 is 11.3 Å². The van der Waals surface area contributed by atoms with Crippen molar-refractivity contribution in [3.8, 4) is 0 Å². The first-order chi connectivity index (χ1) is 6.90. The Labute approximate surface area is 88.5 Å². The van der Waals surface area contributed by atoms with Crippen molar-refractivity contribution in [1.29, 1.82) is 0 Å². The average molecular weight is 212 g/mol. The van der Waals surface area contributed by atoms with Gasteiger partial charge in [0.2, 0.25) is 0 Å². The molecule has 0 atom stereocenters. The van der Waals surface area contributed by atoms with Gasteiger partial charge in [-0.3, -0.25) is 0 Å². The van der Waals surface area contributed by atoms with Crippen LogP contribution in [0.1, 0.15) is 31.4 Å². The van der Waals surface area contributed by atoms with Gasteiger partial charge in [0, 0.05) is 31.1 Å². The monoisotopic (exact) mass is 212 g/mol. The minimum Gasteiger partial charge on any atom is -0.381 e. The van der Waals surface area contributed by atoms with Crippen LogP contribution in [0.3, 0.4) is 0 Å². The summed E-state index contributed by atoms with van der Waals surface area (Å²) < 4.78 is 5.34. The predicted octanol–water partition coefficient (Wildman–Crippen LogP) is 2.47. The molecule has 0 saturated carbocycles. The van der Waals surface area contributed by atoms with Crippen molar-refractivity contribution in [3.05, 3.63) is 11.1 Å². The first-order valence-corrected chi connectivity index (χ1v) is 6.05. The molecule has 0 amide bonds. The lowest BCUT2D eigenvalue weighted by atomic mass is 9.98. The highest BCUT2D eigenvalue weighted by Gasteiger charge is 2.18. The Hall–Kier alpha value is -0.610. The maximum absolute atomic E-state index is 5.34. The van der Waals surface area contributed by atoms with Crippen molar-refractivity contribution in [3.63, 3.8) is 0 Å². The molecule has 1 aliphatic heterocycles.